The highest BCUT2D eigenvalue weighted by Crippen LogP contribution is 2.41. The van der Waals surface area contributed by atoms with E-state index < -0.39 is 4.92 Å². The molecule has 1 fully saturated rings. The summed E-state index contributed by atoms with van der Waals surface area (Å²) in [6.45, 7) is 2.55. The number of hydrogen-bond acceptors (Lipinski definition) is 6. The number of aromatic nitrogens is 2. The molecule has 3 N–H and O–H groups in total. The summed E-state index contributed by atoms with van der Waals surface area (Å²) in [5.74, 6) is 1.12. The molecule has 110 valence electrons. The van der Waals surface area contributed by atoms with Gasteiger partial charge in [0.1, 0.15) is 12.1 Å². The smallest absolute Gasteiger partial charge is 0.270 e. The largest absolute Gasteiger partial charge is 0.363 e. The van der Waals surface area contributed by atoms with Crippen LogP contribution < -0.4 is 11.1 Å². The summed E-state index contributed by atoms with van der Waals surface area (Å²) in [6, 6.07) is 4.58. The average Bonchev–Trinajstić information content (AvgIpc) is 3.32. The summed E-state index contributed by atoms with van der Waals surface area (Å²) in [5.41, 5.74) is 6.36. The Balaban J connectivity index is 2.04. The number of nitrogens with one attached hydrogen (secondary N) is 1. The predicted molar refractivity (Wildman–Crippen MR) is 80.0 cm³/mol. The number of rotatable bonds is 5. The molecule has 2 aromatic rings. The van der Waals surface area contributed by atoms with Crippen molar-refractivity contribution in [3.63, 3.8) is 0 Å². The van der Waals surface area contributed by atoms with Gasteiger partial charge in [0.15, 0.2) is 0 Å². The monoisotopic (exact) mass is 287 g/mol. The Hall–Kier alpha value is -2.28. The first-order valence-electron chi connectivity index (χ1n) is 6.91. The normalized spacial score (nSPS) is 17.4. The highest BCUT2D eigenvalue weighted by molar-refractivity contribution is 5.90. The van der Waals surface area contributed by atoms with E-state index in [2.05, 4.69) is 22.2 Å². The highest BCUT2D eigenvalue weighted by Gasteiger charge is 2.41. The van der Waals surface area contributed by atoms with Crippen molar-refractivity contribution in [2.75, 3.05) is 11.9 Å². The molecule has 0 aliphatic heterocycles. The second-order valence-electron chi connectivity index (χ2n) is 5.70. The van der Waals surface area contributed by atoms with Crippen LogP contribution in [0.2, 0.25) is 0 Å². The van der Waals surface area contributed by atoms with Crippen LogP contribution in [0, 0.1) is 16.0 Å². The number of fused-ring (bicyclic) bond motifs is 1. The number of anilines is 1. The Morgan fingerprint density at radius 2 is 2.24 bits per heavy atom. The van der Waals surface area contributed by atoms with Crippen molar-refractivity contribution in [3.05, 3.63) is 34.6 Å². The van der Waals surface area contributed by atoms with Gasteiger partial charge in [-0.05, 0) is 31.7 Å². The maximum atomic E-state index is 10.9. The van der Waals surface area contributed by atoms with Gasteiger partial charge < -0.3 is 11.1 Å². The Morgan fingerprint density at radius 1 is 1.48 bits per heavy atom. The third-order valence-electron chi connectivity index (χ3n) is 4.14. The molecule has 21 heavy (non-hydrogen) atoms. The molecular weight excluding hydrogens is 270 g/mol. The molecule has 0 bridgehead atoms. The summed E-state index contributed by atoms with van der Waals surface area (Å²) < 4.78 is 0. The molecule has 0 radical (unpaired) electrons. The van der Waals surface area contributed by atoms with Crippen LogP contribution in [-0.4, -0.2) is 27.0 Å². The first-order valence-corrected chi connectivity index (χ1v) is 6.91. The number of non-ortho nitro benzene ring substituents is 1. The van der Waals surface area contributed by atoms with Crippen LogP contribution in [-0.2, 0) is 0 Å². The predicted octanol–water partition coefficient (Wildman–Crippen LogP) is 2.08. The van der Waals surface area contributed by atoms with E-state index in [4.69, 9.17) is 5.73 Å². The van der Waals surface area contributed by atoms with Crippen molar-refractivity contribution in [2.45, 2.75) is 25.3 Å². The first kappa shape index (κ1) is 13.7. The van der Waals surface area contributed by atoms with Crippen molar-refractivity contribution in [1.82, 2.24) is 9.97 Å². The van der Waals surface area contributed by atoms with Gasteiger partial charge in [-0.15, -0.1) is 0 Å². The zero-order valence-electron chi connectivity index (χ0n) is 11.7. The van der Waals surface area contributed by atoms with Gasteiger partial charge in [-0.1, -0.05) is 0 Å². The highest BCUT2D eigenvalue weighted by atomic mass is 16.6. The molecule has 1 aliphatic rings. The third-order valence-corrected chi connectivity index (χ3v) is 4.14. The summed E-state index contributed by atoms with van der Waals surface area (Å²) in [7, 11) is 0. The molecule has 1 heterocycles. The fourth-order valence-electron chi connectivity index (χ4n) is 2.57. The van der Waals surface area contributed by atoms with Crippen LogP contribution in [0.5, 0.6) is 0 Å². The van der Waals surface area contributed by atoms with E-state index in [0.717, 1.165) is 12.8 Å². The topological polar surface area (TPSA) is 107 Å². The number of nitro benzene ring substituents is 1. The molecular formula is C14H17N5O2. The van der Waals surface area contributed by atoms with Crippen LogP contribution in [0.15, 0.2) is 24.5 Å². The van der Waals surface area contributed by atoms with E-state index in [0.29, 0.717) is 29.2 Å². The second kappa shape index (κ2) is 4.92. The lowest BCUT2D eigenvalue weighted by Gasteiger charge is -2.30. The molecule has 0 amide bonds. The first-order chi connectivity index (χ1) is 10.0. The maximum Gasteiger partial charge on any atom is 0.270 e. The molecule has 1 atom stereocenters. The van der Waals surface area contributed by atoms with Crippen LogP contribution in [0.1, 0.15) is 19.8 Å². The minimum atomic E-state index is -0.417. The zero-order valence-corrected chi connectivity index (χ0v) is 11.7. The van der Waals surface area contributed by atoms with Crippen molar-refractivity contribution < 1.29 is 4.92 Å². The summed E-state index contributed by atoms with van der Waals surface area (Å²) in [6.07, 6.45) is 3.74. The number of benzene rings is 1. The molecule has 1 aromatic carbocycles. The van der Waals surface area contributed by atoms with Gasteiger partial charge in [0.2, 0.25) is 0 Å². The van der Waals surface area contributed by atoms with Crippen LogP contribution >= 0.6 is 0 Å². The van der Waals surface area contributed by atoms with Gasteiger partial charge in [0.25, 0.3) is 5.69 Å². The van der Waals surface area contributed by atoms with E-state index in [1.807, 2.05) is 0 Å². The minimum absolute atomic E-state index is 0.0289. The van der Waals surface area contributed by atoms with Crippen LogP contribution in [0.4, 0.5) is 11.5 Å². The van der Waals surface area contributed by atoms with Gasteiger partial charge in [-0.3, -0.25) is 10.1 Å². The van der Waals surface area contributed by atoms with E-state index in [9.17, 15) is 10.1 Å². The van der Waals surface area contributed by atoms with E-state index in [1.165, 1.54) is 18.5 Å². The van der Waals surface area contributed by atoms with Gasteiger partial charge in [0, 0.05) is 24.1 Å². The average molecular weight is 287 g/mol. The van der Waals surface area contributed by atoms with Gasteiger partial charge in [-0.2, -0.15) is 0 Å². The van der Waals surface area contributed by atoms with Crippen molar-refractivity contribution in [2.24, 2.45) is 11.7 Å². The van der Waals surface area contributed by atoms with Crippen LogP contribution in [0.25, 0.3) is 10.9 Å². The minimum Gasteiger partial charge on any atom is -0.363 e. The third kappa shape index (κ3) is 2.52. The number of nitrogens with zero attached hydrogens (tertiary/aromatic N) is 3. The van der Waals surface area contributed by atoms with Gasteiger partial charge in [-0.25, -0.2) is 9.97 Å². The molecule has 1 unspecified atom stereocenters. The molecule has 1 aliphatic carbocycles. The number of nitrogens with two attached hydrogens (primary N) is 1. The van der Waals surface area contributed by atoms with Crippen molar-refractivity contribution in [1.29, 1.82) is 0 Å². The molecule has 1 saturated carbocycles. The van der Waals surface area contributed by atoms with Crippen LogP contribution in [0.3, 0.4) is 0 Å². The molecule has 1 aromatic heterocycles. The molecule has 0 spiro atoms. The Morgan fingerprint density at radius 3 is 2.86 bits per heavy atom. The summed E-state index contributed by atoms with van der Waals surface area (Å²) >= 11 is 0. The lowest BCUT2D eigenvalue weighted by molar-refractivity contribution is -0.384. The lowest BCUT2D eigenvalue weighted by Crippen LogP contribution is -2.45. The Labute approximate surface area is 121 Å². The fraction of sp³-hybridized carbons (Fsp3) is 0.429. The Bertz CT molecular complexity index is 701. The second-order valence-corrected chi connectivity index (χ2v) is 5.70. The van der Waals surface area contributed by atoms with Crippen molar-refractivity contribution in [3.8, 4) is 0 Å². The van der Waals surface area contributed by atoms with E-state index >= 15 is 0 Å². The number of nitro groups is 1. The number of hydrogen-bond donors (Lipinski definition) is 2. The lowest BCUT2D eigenvalue weighted by atomic mass is 9.96. The summed E-state index contributed by atoms with van der Waals surface area (Å²) in [5, 5.41) is 15.0. The fourth-order valence-corrected chi connectivity index (χ4v) is 2.57. The summed E-state index contributed by atoms with van der Waals surface area (Å²) in [4.78, 5) is 18.9. The molecule has 0 saturated heterocycles. The standard InChI is InChI=1S/C14H17N5O2/c1-14(7-15,9-2-3-9)18-13-11-6-10(19(20)21)4-5-12(11)16-8-17-13/h4-6,8-9H,2-3,7,15H2,1H3,(H,16,17,18). The SMILES string of the molecule is CC(CN)(Nc1ncnc2ccc([N+](=O)[O-])cc12)C1CC1. The molecule has 7 heteroatoms. The van der Waals surface area contributed by atoms with E-state index in [1.54, 1.807) is 6.07 Å². The maximum absolute atomic E-state index is 10.9. The van der Waals surface area contributed by atoms with Gasteiger partial charge >= 0.3 is 0 Å². The Kier molecular flexibility index (Phi) is 3.21. The van der Waals surface area contributed by atoms with E-state index in [-0.39, 0.29) is 11.2 Å². The zero-order chi connectivity index (χ0) is 15.0. The van der Waals surface area contributed by atoms with Crippen molar-refractivity contribution >= 4 is 22.4 Å². The molecule has 7 nitrogen and oxygen atoms in total. The van der Waals surface area contributed by atoms with Gasteiger partial charge in [0.05, 0.1) is 16.0 Å². The molecule has 3 rings (SSSR count). The quantitative estimate of drug-likeness (QED) is 0.644.